The van der Waals surface area contributed by atoms with Crippen LogP contribution in [0.5, 0.6) is 5.75 Å². The highest BCUT2D eigenvalue weighted by Crippen LogP contribution is 2.17. The van der Waals surface area contributed by atoms with Crippen LogP contribution in [0, 0.1) is 10.1 Å². The van der Waals surface area contributed by atoms with E-state index in [1.807, 2.05) is 13.8 Å². The second-order valence-corrected chi connectivity index (χ2v) is 2.93. The molecule has 17 heavy (non-hydrogen) atoms. The smallest absolute Gasteiger partial charge is 0.269 e. The molecule has 1 aromatic carbocycles. The molecule has 0 radical (unpaired) electrons. The number of Topliss-reactive ketones (excluding diaryl/α,β-unsaturated/α-hetero) is 1. The number of ether oxygens (including phenoxy) is 1. The zero-order valence-electron chi connectivity index (χ0n) is 10.3. The molecule has 0 fully saturated rings. The molecule has 0 aliphatic heterocycles. The van der Waals surface area contributed by atoms with Gasteiger partial charge < -0.3 is 4.74 Å². The van der Waals surface area contributed by atoms with Crippen molar-refractivity contribution in [2.45, 2.75) is 27.2 Å². The Morgan fingerprint density at radius 2 is 1.82 bits per heavy atom. The van der Waals surface area contributed by atoms with Gasteiger partial charge in [-0.2, -0.15) is 0 Å². The molecule has 0 atom stereocenters. The monoisotopic (exact) mass is 239 g/mol. The van der Waals surface area contributed by atoms with Crippen LogP contribution in [0.15, 0.2) is 24.3 Å². The van der Waals surface area contributed by atoms with Crippen LogP contribution < -0.4 is 4.74 Å². The van der Waals surface area contributed by atoms with Gasteiger partial charge in [0, 0.05) is 18.6 Å². The van der Waals surface area contributed by atoms with Crippen molar-refractivity contribution in [2.75, 3.05) is 6.61 Å². The predicted molar refractivity (Wildman–Crippen MR) is 65.2 cm³/mol. The Bertz CT molecular complexity index is 359. The van der Waals surface area contributed by atoms with Crippen molar-refractivity contribution >= 4 is 11.5 Å². The third-order valence-corrected chi connectivity index (χ3v) is 1.84. The van der Waals surface area contributed by atoms with Gasteiger partial charge >= 0.3 is 0 Å². The third-order valence-electron chi connectivity index (χ3n) is 1.84. The molecule has 1 rings (SSSR count). The quantitative estimate of drug-likeness (QED) is 0.585. The van der Waals surface area contributed by atoms with E-state index in [0.29, 0.717) is 12.2 Å². The van der Waals surface area contributed by atoms with Gasteiger partial charge in [-0.3, -0.25) is 14.9 Å². The zero-order chi connectivity index (χ0) is 13.3. The van der Waals surface area contributed by atoms with Crippen molar-refractivity contribution in [3.8, 4) is 5.75 Å². The van der Waals surface area contributed by atoms with E-state index >= 15 is 0 Å². The summed E-state index contributed by atoms with van der Waals surface area (Å²) in [6, 6.07) is 5.62. The molecule has 0 saturated heterocycles. The third kappa shape index (κ3) is 5.65. The maximum absolute atomic E-state index is 10.9. The zero-order valence-corrected chi connectivity index (χ0v) is 10.3. The minimum atomic E-state index is -0.485. The first-order valence-corrected chi connectivity index (χ1v) is 5.52. The number of non-ortho nitro benzene ring substituents is 1. The van der Waals surface area contributed by atoms with Gasteiger partial charge in [0.1, 0.15) is 12.4 Å². The molecule has 5 nitrogen and oxygen atoms in total. The Balaban J connectivity index is 0.00000121. The summed E-state index contributed by atoms with van der Waals surface area (Å²) in [5.74, 6) is 0.454. The van der Waals surface area contributed by atoms with E-state index in [9.17, 15) is 14.9 Å². The van der Waals surface area contributed by atoms with Gasteiger partial charge in [0.15, 0.2) is 5.78 Å². The molecule has 0 aliphatic rings. The van der Waals surface area contributed by atoms with Crippen molar-refractivity contribution in [3.05, 3.63) is 34.4 Å². The number of nitro groups is 1. The van der Waals surface area contributed by atoms with Gasteiger partial charge in [0.2, 0.25) is 0 Å². The Kier molecular flexibility index (Phi) is 7.34. The van der Waals surface area contributed by atoms with E-state index in [2.05, 4.69) is 0 Å². The molecule has 0 aromatic heterocycles. The van der Waals surface area contributed by atoms with Crippen LogP contribution in [0.1, 0.15) is 27.2 Å². The van der Waals surface area contributed by atoms with Crippen molar-refractivity contribution in [1.82, 2.24) is 0 Å². The molecule has 0 unspecified atom stereocenters. The lowest BCUT2D eigenvalue weighted by atomic mass is 10.3. The van der Waals surface area contributed by atoms with Crippen molar-refractivity contribution in [1.29, 1.82) is 0 Å². The number of carbonyl (C=O) groups excluding carboxylic acids is 1. The Hall–Kier alpha value is -1.91. The van der Waals surface area contributed by atoms with E-state index in [0.717, 1.165) is 0 Å². The molecule has 5 heteroatoms. The van der Waals surface area contributed by atoms with E-state index in [1.54, 1.807) is 6.92 Å². The first-order chi connectivity index (χ1) is 8.13. The van der Waals surface area contributed by atoms with Crippen molar-refractivity contribution in [2.24, 2.45) is 0 Å². The van der Waals surface area contributed by atoms with Crippen LogP contribution in [-0.2, 0) is 4.79 Å². The van der Waals surface area contributed by atoms with Gasteiger partial charge in [-0.05, 0) is 12.1 Å². The Morgan fingerprint density at radius 3 is 2.24 bits per heavy atom. The summed E-state index contributed by atoms with van der Waals surface area (Å²) < 4.78 is 5.12. The number of nitrogens with zero attached hydrogens (tertiary/aromatic N) is 1. The molecular formula is C12H17NO4. The number of carbonyl (C=O) groups is 1. The molecule has 0 bridgehead atoms. The SMILES string of the molecule is CC.CCC(=O)COc1ccc([N+](=O)[O-])cc1. The van der Waals surface area contributed by atoms with Crippen molar-refractivity contribution < 1.29 is 14.5 Å². The highest BCUT2D eigenvalue weighted by molar-refractivity contribution is 5.79. The molecule has 0 saturated carbocycles. The van der Waals surface area contributed by atoms with Crippen LogP contribution in [-0.4, -0.2) is 17.3 Å². The lowest BCUT2D eigenvalue weighted by molar-refractivity contribution is -0.384. The Labute approximate surface area is 101 Å². The fraction of sp³-hybridized carbons (Fsp3) is 0.417. The second-order valence-electron chi connectivity index (χ2n) is 2.93. The highest BCUT2D eigenvalue weighted by atomic mass is 16.6. The van der Waals surface area contributed by atoms with Gasteiger partial charge in [0.25, 0.3) is 5.69 Å². The molecule has 1 aromatic rings. The molecular weight excluding hydrogens is 222 g/mol. The second kappa shape index (κ2) is 8.27. The largest absolute Gasteiger partial charge is 0.486 e. The molecule has 0 amide bonds. The predicted octanol–water partition coefficient (Wildman–Crippen LogP) is 2.98. The maximum atomic E-state index is 10.9. The van der Waals surface area contributed by atoms with Crippen LogP contribution in [0.25, 0.3) is 0 Å². The standard InChI is InChI=1S/C10H11NO4.C2H6/c1-2-9(12)7-15-10-5-3-8(4-6-10)11(13)14;1-2/h3-6H,2,7H2,1H3;1-2H3. The first-order valence-electron chi connectivity index (χ1n) is 5.52. The number of nitro benzene ring substituents is 1. The molecule has 0 heterocycles. The number of hydrogen-bond donors (Lipinski definition) is 0. The van der Waals surface area contributed by atoms with E-state index < -0.39 is 4.92 Å². The number of benzene rings is 1. The summed E-state index contributed by atoms with van der Waals surface area (Å²) in [6.07, 6.45) is 0.424. The van der Waals surface area contributed by atoms with Gasteiger partial charge in [-0.15, -0.1) is 0 Å². The van der Waals surface area contributed by atoms with Gasteiger partial charge in [-0.25, -0.2) is 0 Å². The fourth-order valence-electron chi connectivity index (χ4n) is 0.930. The minimum Gasteiger partial charge on any atom is -0.486 e. The number of hydrogen-bond acceptors (Lipinski definition) is 4. The fourth-order valence-corrected chi connectivity index (χ4v) is 0.930. The van der Waals surface area contributed by atoms with Crippen LogP contribution in [0.3, 0.4) is 0 Å². The maximum Gasteiger partial charge on any atom is 0.269 e. The summed E-state index contributed by atoms with van der Waals surface area (Å²) in [7, 11) is 0. The van der Waals surface area contributed by atoms with E-state index in [1.165, 1.54) is 24.3 Å². The summed E-state index contributed by atoms with van der Waals surface area (Å²) in [5, 5.41) is 10.3. The average molecular weight is 239 g/mol. The summed E-state index contributed by atoms with van der Waals surface area (Å²) in [5.41, 5.74) is 0.00386. The molecule has 0 N–H and O–H groups in total. The normalized spacial score (nSPS) is 8.88. The Morgan fingerprint density at radius 1 is 1.29 bits per heavy atom. The van der Waals surface area contributed by atoms with Crippen molar-refractivity contribution in [3.63, 3.8) is 0 Å². The van der Waals surface area contributed by atoms with Gasteiger partial charge in [0.05, 0.1) is 4.92 Å². The van der Waals surface area contributed by atoms with E-state index in [4.69, 9.17) is 4.74 Å². The topological polar surface area (TPSA) is 69.4 Å². The number of ketones is 1. The summed E-state index contributed by atoms with van der Waals surface area (Å²) in [4.78, 5) is 20.8. The number of rotatable bonds is 5. The molecule has 0 aliphatic carbocycles. The van der Waals surface area contributed by atoms with Gasteiger partial charge in [-0.1, -0.05) is 20.8 Å². The summed E-state index contributed by atoms with van der Waals surface area (Å²) in [6.45, 7) is 5.76. The molecule has 94 valence electrons. The lowest BCUT2D eigenvalue weighted by Crippen LogP contribution is -2.09. The highest BCUT2D eigenvalue weighted by Gasteiger charge is 2.05. The molecule has 0 spiro atoms. The van der Waals surface area contributed by atoms with Crippen LogP contribution in [0.4, 0.5) is 5.69 Å². The van der Waals surface area contributed by atoms with E-state index in [-0.39, 0.29) is 18.1 Å². The minimum absolute atomic E-state index is 0.00386. The van der Waals surface area contributed by atoms with Crippen LogP contribution >= 0.6 is 0 Å². The average Bonchev–Trinajstić information content (AvgIpc) is 2.38. The van der Waals surface area contributed by atoms with Crippen LogP contribution in [0.2, 0.25) is 0 Å². The first kappa shape index (κ1) is 15.1. The lowest BCUT2D eigenvalue weighted by Gasteiger charge is -2.03. The summed E-state index contributed by atoms with van der Waals surface area (Å²) >= 11 is 0.